The van der Waals surface area contributed by atoms with Gasteiger partial charge in [0.05, 0.1) is 11.5 Å². The molecule has 1 aliphatic carbocycles. The van der Waals surface area contributed by atoms with Gasteiger partial charge in [0.2, 0.25) is 0 Å². The topological polar surface area (TPSA) is 69.6 Å². The number of rotatable bonds is 6. The summed E-state index contributed by atoms with van der Waals surface area (Å²) < 4.78 is 0. The van der Waals surface area contributed by atoms with Crippen molar-refractivity contribution in [1.82, 2.24) is 5.32 Å². The number of carbonyl (C=O) groups is 1. The van der Waals surface area contributed by atoms with E-state index in [1.54, 1.807) is 0 Å². The van der Waals surface area contributed by atoms with Crippen LogP contribution in [0.5, 0.6) is 0 Å². The summed E-state index contributed by atoms with van der Waals surface area (Å²) in [5, 5.41) is 22.6. The normalized spacial score (nSPS) is 29.2. The Kier molecular flexibility index (Phi) is 5.17. The first-order valence-corrected chi connectivity index (χ1v) is 6.94. The predicted molar refractivity (Wildman–Crippen MR) is 71.5 cm³/mol. The third kappa shape index (κ3) is 4.58. The van der Waals surface area contributed by atoms with Crippen molar-refractivity contribution in [2.45, 2.75) is 58.5 Å². The summed E-state index contributed by atoms with van der Waals surface area (Å²) in [6.45, 7) is 8.02. The maximum Gasteiger partial charge on any atom is 0.306 e. The van der Waals surface area contributed by atoms with Crippen molar-refractivity contribution < 1.29 is 15.0 Å². The summed E-state index contributed by atoms with van der Waals surface area (Å²) >= 11 is 0. The SMILES string of the molecule is CCC(C)(C)CNCC1(O)CCC(C(=O)O)CC1. The van der Waals surface area contributed by atoms with Gasteiger partial charge >= 0.3 is 5.97 Å². The molecule has 0 aromatic carbocycles. The monoisotopic (exact) mass is 257 g/mol. The van der Waals surface area contributed by atoms with Crippen LogP contribution in [0.4, 0.5) is 0 Å². The van der Waals surface area contributed by atoms with E-state index in [9.17, 15) is 9.90 Å². The molecule has 0 aromatic heterocycles. The van der Waals surface area contributed by atoms with Crippen molar-refractivity contribution in [2.24, 2.45) is 11.3 Å². The van der Waals surface area contributed by atoms with Gasteiger partial charge in [0, 0.05) is 13.1 Å². The molecule has 0 radical (unpaired) electrons. The van der Waals surface area contributed by atoms with Gasteiger partial charge in [-0.3, -0.25) is 4.79 Å². The molecule has 1 aliphatic rings. The van der Waals surface area contributed by atoms with Crippen molar-refractivity contribution in [3.05, 3.63) is 0 Å². The second-order valence-corrected chi connectivity index (χ2v) is 6.46. The number of aliphatic hydroxyl groups is 1. The molecule has 0 heterocycles. The minimum absolute atomic E-state index is 0.245. The van der Waals surface area contributed by atoms with E-state index in [1.165, 1.54) is 0 Å². The molecule has 106 valence electrons. The molecule has 0 saturated heterocycles. The van der Waals surface area contributed by atoms with Crippen molar-refractivity contribution >= 4 is 5.97 Å². The maximum absolute atomic E-state index is 10.9. The number of nitrogens with one attached hydrogen (secondary N) is 1. The average Bonchev–Trinajstić information content (AvgIpc) is 2.29. The maximum atomic E-state index is 10.9. The number of hydrogen-bond donors (Lipinski definition) is 3. The summed E-state index contributed by atoms with van der Waals surface area (Å²) in [7, 11) is 0. The zero-order valence-corrected chi connectivity index (χ0v) is 11.8. The van der Waals surface area contributed by atoms with Crippen molar-refractivity contribution in [1.29, 1.82) is 0 Å². The van der Waals surface area contributed by atoms with E-state index in [4.69, 9.17) is 5.11 Å². The molecule has 3 N–H and O–H groups in total. The third-order valence-corrected chi connectivity index (χ3v) is 4.28. The summed E-state index contributed by atoms with van der Waals surface area (Å²) in [5.41, 5.74) is -0.468. The van der Waals surface area contributed by atoms with Gasteiger partial charge in [0.15, 0.2) is 0 Å². The lowest BCUT2D eigenvalue weighted by atomic mass is 9.78. The van der Waals surface area contributed by atoms with Crippen molar-refractivity contribution in [3.63, 3.8) is 0 Å². The van der Waals surface area contributed by atoms with E-state index in [0.29, 0.717) is 32.2 Å². The molecule has 0 amide bonds. The zero-order chi connectivity index (χ0) is 13.8. The van der Waals surface area contributed by atoms with Crippen LogP contribution >= 0.6 is 0 Å². The van der Waals surface area contributed by atoms with E-state index in [0.717, 1.165) is 13.0 Å². The molecule has 1 rings (SSSR count). The average molecular weight is 257 g/mol. The molecule has 0 spiro atoms. The quantitative estimate of drug-likeness (QED) is 0.681. The van der Waals surface area contributed by atoms with Crippen LogP contribution in [0.1, 0.15) is 52.9 Å². The Balaban J connectivity index is 2.33. The van der Waals surface area contributed by atoms with Crippen LogP contribution in [0.3, 0.4) is 0 Å². The van der Waals surface area contributed by atoms with Crippen LogP contribution in [0.25, 0.3) is 0 Å². The van der Waals surface area contributed by atoms with Crippen LogP contribution < -0.4 is 5.32 Å². The lowest BCUT2D eigenvalue weighted by Gasteiger charge is -2.36. The van der Waals surface area contributed by atoms with E-state index in [-0.39, 0.29) is 11.3 Å². The first-order valence-electron chi connectivity index (χ1n) is 6.94. The predicted octanol–water partition coefficient (Wildman–Crippen LogP) is 2.02. The minimum Gasteiger partial charge on any atom is -0.481 e. The number of aliphatic carboxylic acids is 1. The van der Waals surface area contributed by atoms with Gasteiger partial charge in [-0.15, -0.1) is 0 Å². The van der Waals surface area contributed by atoms with Crippen LogP contribution in [-0.2, 0) is 4.79 Å². The minimum atomic E-state index is -0.725. The van der Waals surface area contributed by atoms with Gasteiger partial charge in [-0.05, 0) is 37.5 Å². The smallest absolute Gasteiger partial charge is 0.306 e. The summed E-state index contributed by atoms with van der Waals surface area (Å²) in [4.78, 5) is 10.9. The Morgan fingerprint density at radius 3 is 2.39 bits per heavy atom. The third-order valence-electron chi connectivity index (χ3n) is 4.28. The van der Waals surface area contributed by atoms with E-state index < -0.39 is 11.6 Å². The zero-order valence-electron chi connectivity index (χ0n) is 11.8. The van der Waals surface area contributed by atoms with Crippen molar-refractivity contribution in [2.75, 3.05) is 13.1 Å². The molecular formula is C14H27NO3. The fraction of sp³-hybridized carbons (Fsp3) is 0.929. The van der Waals surface area contributed by atoms with Crippen LogP contribution in [0, 0.1) is 11.3 Å². The van der Waals surface area contributed by atoms with E-state index >= 15 is 0 Å². The second kappa shape index (κ2) is 6.02. The fourth-order valence-corrected chi connectivity index (χ4v) is 2.34. The molecule has 0 bridgehead atoms. The number of hydrogen-bond acceptors (Lipinski definition) is 3. The van der Waals surface area contributed by atoms with Crippen LogP contribution in [0.2, 0.25) is 0 Å². The molecule has 0 aromatic rings. The molecular weight excluding hydrogens is 230 g/mol. The lowest BCUT2D eigenvalue weighted by molar-refractivity contribution is -0.144. The molecule has 18 heavy (non-hydrogen) atoms. The Morgan fingerprint density at radius 1 is 1.39 bits per heavy atom. The fourth-order valence-electron chi connectivity index (χ4n) is 2.34. The van der Waals surface area contributed by atoms with Gasteiger partial charge in [-0.25, -0.2) is 0 Å². The van der Waals surface area contributed by atoms with Gasteiger partial charge in [0.1, 0.15) is 0 Å². The molecule has 0 aliphatic heterocycles. The number of carboxylic acid groups (broad SMARTS) is 1. The Morgan fingerprint density at radius 2 is 1.94 bits per heavy atom. The Labute approximate surface area is 110 Å². The van der Waals surface area contributed by atoms with Crippen LogP contribution in [0.15, 0.2) is 0 Å². The van der Waals surface area contributed by atoms with Gasteiger partial charge in [-0.2, -0.15) is 0 Å². The number of carboxylic acids is 1. The van der Waals surface area contributed by atoms with E-state index in [2.05, 4.69) is 26.1 Å². The molecule has 0 unspecified atom stereocenters. The van der Waals surface area contributed by atoms with Crippen LogP contribution in [-0.4, -0.2) is 34.9 Å². The lowest BCUT2D eigenvalue weighted by Crippen LogP contribution is -2.46. The molecule has 1 saturated carbocycles. The highest BCUT2D eigenvalue weighted by Gasteiger charge is 2.35. The Bertz CT molecular complexity index is 281. The van der Waals surface area contributed by atoms with E-state index in [1.807, 2.05) is 0 Å². The van der Waals surface area contributed by atoms with Gasteiger partial charge < -0.3 is 15.5 Å². The highest BCUT2D eigenvalue weighted by atomic mass is 16.4. The molecule has 1 fully saturated rings. The van der Waals surface area contributed by atoms with Gasteiger partial charge in [-0.1, -0.05) is 20.8 Å². The highest BCUT2D eigenvalue weighted by molar-refractivity contribution is 5.70. The molecule has 4 nitrogen and oxygen atoms in total. The van der Waals surface area contributed by atoms with Crippen molar-refractivity contribution in [3.8, 4) is 0 Å². The first-order chi connectivity index (χ1) is 8.28. The largest absolute Gasteiger partial charge is 0.481 e. The standard InChI is InChI=1S/C14H27NO3/c1-4-13(2,3)9-15-10-14(18)7-5-11(6-8-14)12(16)17/h11,15,18H,4-10H2,1-3H3,(H,16,17). The van der Waals surface area contributed by atoms with Gasteiger partial charge in [0.25, 0.3) is 0 Å². The summed E-state index contributed by atoms with van der Waals surface area (Å²) in [6, 6.07) is 0. The second-order valence-electron chi connectivity index (χ2n) is 6.46. The first kappa shape index (κ1) is 15.4. The summed E-state index contributed by atoms with van der Waals surface area (Å²) in [6.07, 6.45) is 3.45. The highest BCUT2D eigenvalue weighted by Crippen LogP contribution is 2.32. The summed E-state index contributed by atoms with van der Waals surface area (Å²) in [5.74, 6) is -0.991. The molecule has 0 atom stereocenters. The molecule has 4 heteroatoms. The Hall–Kier alpha value is -0.610.